The average molecular weight is 261 g/mol. The van der Waals surface area contributed by atoms with Crippen LogP contribution in [-0.2, 0) is 17.8 Å². The highest BCUT2D eigenvalue weighted by Gasteiger charge is 2.13. The van der Waals surface area contributed by atoms with Gasteiger partial charge in [0.15, 0.2) is 0 Å². The van der Waals surface area contributed by atoms with Crippen LogP contribution in [0.5, 0.6) is 0 Å². The highest BCUT2D eigenvalue weighted by molar-refractivity contribution is 5.78. The van der Waals surface area contributed by atoms with Gasteiger partial charge in [0.1, 0.15) is 0 Å². The van der Waals surface area contributed by atoms with E-state index < -0.39 is 0 Å². The number of benzene rings is 1. The predicted octanol–water partition coefficient (Wildman–Crippen LogP) is 1.52. The van der Waals surface area contributed by atoms with Crippen LogP contribution in [0.1, 0.15) is 25.0 Å². The molecular weight excluding hydrogens is 238 g/mol. The van der Waals surface area contributed by atoms with Crippen molar-refractivity contribution in [2.24, 2.45) is 5.92 Å². The Balaban J connectivity index is 1.77. The van der Waals surface area contributed by atoms with Crippen molar-refractivity contribution in [2.75, 3.05) is 25.0 Å². The first kappa shape index (κ1) is 13.9. The first-order chi connectivity index (χ1) is 9.16. The van der Waals surface area contributed by atoms with E-state index in [1.165, 1.54) is 16.8 Å². The quantitative estimate of drug-likeness (QED) is 0.727. The lowest BCUT2D eigenvalue weighted by Gasteiger charge is -2.11. The molecule has 0 saturated carbocycles. The molecule has 0 fully saturated rings. The highest BCUT2D eigenvalue weighted by atomic mass is 16.1. The van der Waals surface area contributed by atoms with E-state index in [9.17, 15) is 4.79 Å². The molecule has 3 N–H and O–H groups in total. The van der Waals surface area contributed by atoms with Crippen LogP contribution in [0.25, 0.3) is 0 Å². The Morgan fingerprint density at radius 1 is 1.42 bits per heavy atom. The minimum Gasteiger partial charge on any atom is -0.384 e. The van der Waals surface area contributed by atoms with Gasteiger partial charge in [-0.05, 0) is 23.5 Å². The molecule has 2 rings (SSSR count). The monoisotopic (exact) mass is 261 g/mol. The van der Waals surface area contributed by atoms with Gasteiger partial charge >= 0.3 is 0 Å². The molecule has 1 aromatic carbocycles. The molecule has 1 aliphatic rings. The summed E-state index contributed by atoms with van der Waals surface area (Å²) in [5.74, 6) is 0.555. The summed E-state index contributed by atoms with van der Waals surface area (Å²) in [5, 5.41) is 9.51. The second kappa shape index (κ2) is 6.57. The Morgan fingerprint density at radius 2 is 2.26 bits per heavy atom. The Bertz CT molecular complexity index is 443. The third-order valence-electron chi connectivity index (χ3n) is 3.24. The summed E-state index contributed by atoms with van der Waals surface area (Å²) >= 11 is 0. The zero-order valence-electron chi connectivity index (χ0n) is 11.8. The van der Waals surface area contributed by atoms with Gasteiger partial charge < -0.3 is 16.0 Å². The molecule has 4 nitrogen and oxygen atoms in total. The number of hydrogen-bond acceptors (Lipinski definition) is 3. The maximum absolute atomic E-state index is 11.6. The molecule has 1 aromatic rings. The fourth-order valence-electron chi connectivity index (χ4n) is 2.25. The fourth-order valence-corrected chi connectivity index (χ4v) is 2.25. The van der Waals surface area contributed by atoms with E-state index in [4.69, 9.17) is 0 Å². The number of rotatable bonds is 6. The standard InChI is InChI=1S/C15H23N3O/c1-11(2)8-18-14(19)10-16-9-13-5-3-4-12-6-7-17-15(12)13/h3-5,11,16-17H,6-10H2,1-2H3,(H,18,19). The van der Waals surface area contributed by atoms with Crippen LogP contribution < -0.4 is 16.0 Å². The Kier molecular flexibility index (Phi) is 4.80. The molecule has 0 atom stereocenters. The summed E-state index contributed by atoms with van der Waals surface area (Å²) in [6.07, 6.45) is 1.10. The maximum atomic E-state index is 11.6. The minimum absolute atomic E-state index is 0.0641. The second-order valence-corrected chi connectivity index (χ2v) is 5.43. The Hall–Kier alpha value is -1.55. The van der Waals surface area contributed by atoms with Gasteiger partial charge in [-0.1, -0.05) is 32.0 Å². The normalized spacial score (nSPS) is 13.2. The Labute approximate surface area is 115 Å². The van der Waals surface area contributed by atoms with E-state index in [2.05, 4.69) is 48.0 Å². The fraction of sp³-hybridized carbons (Fsp3) is 0.533. The third-order valence-corrected chi connectivity index (χ3v) is 3.24. The van der Waals surface area contributed by atoms with Crippen molar-refractivity contribution in [3.05, 3.63) is 29.3 Å². The summed E-state index contributed by atoms with van der Waals surface area (Å²) in [5.41, 5.74) is 3.87. The predicted molar refractivity (Wildman–Crippen MR) is 78.2 cm³/mol. The molecule has 1 aliphatic heterocycles. The summed E-state index contributed by atoms with van der Waals surface area (Å²) < 4.78 is 0. The second-order valence-electron chi connectivity index (χ2n) is 5.43. The molecule has 4 heteroatoms. The molecule has 0 aromatic heterocycles. The molecule has 0 aliphatic carbocycles. The van der Waals surface area contributed by atoms with Gasteiger partial charge in [-0.15, -0.1) is 0 Å². The van der Waals surface area contributed by atoms with Crippen LogP contribution >= 0.6 is 0 Å². The van der Waals surface area contributed by atoms with Crippen molar-refractivity contribution in [1.82, 2.24) is 10.6 Å². The number of hydrogen-bond donors (Lipinski definition) is 3. The number of amides is 1. The average Bonchev–Trinajstić information content (AvgIpc) is 2.85. The van der Waals surface area contributed by atoms with Gasteiger partial charge in [0, 0.05) is 25.3 Å². The Morgan fingerprint density at radius 3 is 3.05 bits per heavy atom. The molecule has 0 radical (unpaired) electrons. The van der Waals surface area contributed by atoms with Crippen LogP contribution in [0, 0.1) is 5.92 Å². The zero-order valence-corrected chi connectivity index (χ0v) is 11.8. The smallest absolute Gasteiger partial charge is 0.233 e. The molecule has 1 heterocycles. The van der Waals surface area contributed by atoms with Crippen LogP contribution in [-0.4, -0.2) is 25.5 Å². The van der Waals surface area contributed by atoms with Gasteiger partial charge in [0.2, 0.25) is 5.91 Å². The van der Waals surface area contributed by atoms with E-state index in [1.54, 1.807) is 0 Å². The van der Waals surface area contributed by atoms with Crippen LogP contribution in [0.2, 0.25) is 0 Å². The molecule has 0 unspecified atom stereocenters. The van der Waals surface area contributed by atoms with Gasteiger partial charge in [0.25, 0.3) is 0 Å². The summed E-state index contributed by atoms with van der Waals surface area (Å²) in [6, 6.07) is 6.35. The van der Waals surface area contributed by atoms with Gasteiger partial charge in [-0.25, -0.2) is 0 Å². The highest BCUT2D eigenvalue weighted by Crippen LogP contribution is 2.25. The topological polar surface area (TPSA) is 53.2 Å². The van der Waals surface area contributed by atoms with E-state index in [-0.39, 0.29) is 5.91 Å². The minimum atomic E-state index is 0.0641. The molecule has 0 bridgehead atoms. The van der Waals surface area contributed by atoms with E-state index in [1.807, 2.05) is 0 Å². The van der Waals surface area contributed by atoms with Gasteiger partial charge in [-0.2, -0.15) is 0 Å². The van der Waals surface area contributed by atoms with E-state index in [0.717, 1.165) is 26.1 Å². The maximum Gasteiger partial charge on any atom is 0.233 e. The number of anilines is 1. The van der Waals surface area contributed by atoms with Crippen molar-refractivity contribution in [1.29, 1.82) is 0 Å². The SMILES string of the molecule is CC(C)CNC(=O)CNCc1cccc2c1NCC2. The zero-order chi connectivity index (χ0) is 13.7. The van der Waals surface area contributed by atoms with Crippen LogP contribution in [0.15, 0.2) is 18.2 Å². The molecule has 0 saturated heterocycles. The number of carbonyl (C=O) groups excluding carboxylic acids is 1. The first-order valence-corrected chi connectivity index (χ1v) is 6.99. The van der Waals surface area contributed by atoms with Crippen molar-refractivity contribution >= 4 is 11.6 Å². The lowest BCUT2D eigenvalue weighted by atomic mass is 10.1. The van der Waals surface area contributed by atoms with Crippen LogP contribution in [0.3, 0.4) is 0 Å². The molecule has 19 heavy (non-hydrogen) atoms. The molecular formula is C15H23N3O. The molecule has 1 amide bonds. The van der Waals surface area contributed by atoms with Crippen molar-refractivity contribution in [3.8, 4) is 0 Å². The first-order valence-electron chi connectivity index (χ1n) is 6.99. The molecule has 104 valence electrons. The summed E-state index contributed by atoms with van der Waals surface area (Å²) in [4.78, 5) is 11.6. The van der Waals surface area contributed by atoms with Crippen molar-refractivity contribution < 1.29 is 4.79 Å². The number of nitrogens with one attached hydrogen (secondary N) is 3. The van der Waals surface area contributed by atoms with Gasteiger partial charge in [0.05, 0.1) is 6.54 Å². The lowest BCUT2D eigenvalue weighted by Crippen LogP contribution is -2.35. The largest absolute Gasteiger partial charge is 0.384 e. The summed E-state index contributed by atoms with van der Waals surface area (Å²) in [7, 11) is 0. The van der Waals surface area contributed by atoms with Crippen molar-refractivity contribution in [2.45, 2.75) is 26.8 Å². The lowest BCUT2D eigenvalue weighted by molar-refractivity contribution is -0.120. The van der Waals surface area contributed by atoms with E-state index in [0.29, 0.717) is 12.5 Å². The third kappa shape index (κ3) is 3.96. The molecule has 0 spiro atoms. The van der Waals surface area contributed by atoms with Crippen molar-refractivity contribution in [3.63, 3.8) is 0 Å². The number of para-hydroxylation sites is 1. The summed E-state index contributed by atoms with van der Waals surface area (Å²) in [6.45, 7) is 7.03. The number of carbonyl (C=O) groups is 1. The van der Waals surface area contributed by atoms with E-state index >= 15 is 0 Å². The van der Waals surface area contributed by atoms with Crippen LogP contribution in [0.4, 0.5) is 5.69 Å². The number of fused-ring (bicyclic) bond motifs is 1. The van der Waals surface area contributed by atoms with Gasteiger partial charge in [-0.3, -0.25) is 4.79 Å².